The van der Waals surface area contributed by atoms with Crippen molar-refractivity contribution >= 4 is 5.97 Å². The Morgan fingerprint density at radius 3 is 2.94 bits per heavy atom. The zero-order chi connectivity index (χ0) is 12.4. The Kier molecular flexibility index (Phi) is 3.33. The average molecular weight is 235 g/mol. The van der Waals surface area contributed by atoms with E-state index in [1.165, 1.54) is 0 Å². The van der Waals surface area contributed by atoms with Gasteiger partial charge in [0, 0.05) is 11.6 Å². The monoisotopic (exact) mass is 235 g/mol. The molecule has 1 aliphatic heterocycles. The van der Waals surface area contributed by atoms with Crippen molar-refractivity contribution in [1.29, 1.82) is 0 Å². The number of aliphatic carboxylic acids is 1. The predicted octanol–water partition coefficient (Wildman–Crippen LogP) is 1.75. The van der Waals surface area contributed by atoms with Crippen molar-refractivity contribution in [2.45, 2.75) is 31.8 Å². The molecule has 1 aromatic rings. The molecule has 1 aromatic carbocycles. The van der Waals surface area contributed by atoms with Crippen molar-refractivity contribution in [3.05, 3.63) is 29.3 Å². The van der Waals surface area contributed by atoms with Gasteiger partial charge >= 0.3 is 5.97 Å². The molecule has 0 radical (unpaired) electrons. The van der Waals surface area contributed by atoms with E-state index in [9.17, 15) is 9.90 Å². The summed E-state index contributed by atoms with van der Waals surface area (Å²) in [6, 6.07) is 5.14. The van der Waals surface area contributed by atoms with Gasteiger partial charge in [-0.25, -0.2) is 0 Å². The van der Waals surface area contributed by atoms with Crippen molar-refractivity contribution in [1.82, 2.24) is 5.32 Å². The second-order valence-corrected chi connectivity index (χ2v) is 4.28. The summed E-state index contributed by atoms with van der Waals surface area (Å²) in [5.41, 5.74) is 1.84. The van der Waals surface area contributed by atoms with Crippen molar-refractivity contribution in [2.24, 2.45) is 0 Å². The van der Waals surface area contributed by atoms with Gasteiger partial charge in [0.1, 0.15) is 11.8 Å². The van der Waals surface area contributed by atoms with E-state index in [0.29, 0.717) is 0 Å². The number of fused-ring (bicyclic) bond motifs is 1. The first-order chi connectivity index (χ1) is 8.17. The summed E-state index contributed by atoms with van der Waals surface area (Å²) in [6.45, 7) is 2.05. The Balaban J connectivity index is 2.47. The van der Waals surface area contributed by atoms with E-state index in [2.05, 4.69) is 12.2 Å². The SMILES string of the molecule is CCC1Cc2c(OC)cccc2C(C(=O)O)N1. The Labute approximate surface area is 101 Å². The summed E-state index contributed by atoms with van der Waals surface area (Å²) in [5.74, 6) is -0.0497. The van der Waals surface area contributed by atoms with Gasteiger partial charge < -0.3 is 9.84 Å². The maximum absolute atomic E-state index is 11.3. The Morgan fingerprint density at radius 2 is 2.35 bits per heavy atom. The molecular weight excluding hydrogens is 218 g/mol. The van der Waals surface area contributed by atoms with E-state index in [0.717, 1.165) is 29.7 Å². The molecule has 0 fully saturated rings. The average Bonchev–Trinajstić information content (AvgIpc) is 2.36. The first-order valence-electron chi connectivity index (χ1n) is 5.82. The number of nitrogens with one attached hydrogen (secondary N) is 1. The van der Waals surface area contributed by atoms with Crippen molar-refractivity contribution in [3.63, 3.8) is 0 Å². The number of methoxy groups -OCH3 is 1. The van der Waals surface area contributed by atoms with Gasteiger partial charge in [0.25, 0.3) is 0 Å². The van der Waals surface area contributed by atoms with E-state index in [1.54, 1.807) is 7.11 Å². The van der Waals surface area contributed by atoms with Gasteiger partial charge in [-0.15, -0.1) is 0 Å². The molecule has 0 amide bonds. The van der Waals surface area contributed by atoms with Crippen LogP contribution in [-0.4, -0.2) is 24.2 Å². The topological polar surface area (TPSA) is 58.6 Å². The Hall–Kier alpha value is -1.55. The van der Waals surface area contributed by atoms with Crippen LogP contribution in [0.15, 0.2) is 18.2 Å². The lowest BCUT2D eigenvalue weighted by Gasteiger charge is -2.31. The van der Waals surface area contributed by atoms with Crippen molar-refractivity contribution < 1.29 is 14.6 Å². The van der Waals surface area contributed by atoms with Crippen LogP contribution in [0.2, 0.25) is 0 Å². The van der Waals surface area contributed by atoms with Gasteiger partial charge in [0.05, 0.1) is 7.11 Å². The van der Waals surface area contributed by atoms with Crippen LogP contribution in [0.25, 0.3) is 0 Å². The standard InChI is InChI=1S/C13H17NO3/c1-3-8-7-10-9(12(14-8)13(15)16)5-4-6-11(10)17-2/h4-6,8,12,14H,3,7H2,1-2H3,(H,15,16). The highest BCUT2D eigenvalue weighted by atomic mass is 16.5. The number of hydrogen-bond donors (Lipinski definition) is 2. The third-order valence-electron chi connectivity index (χ3n) is 3.29. The molecule has 2 N–H and O–H groups in total. The molecule has 17 heavy (non-hydrogen) atoms. The number of carbonyl (C=O) groups is 1. The molecule has 1 heterocycles. The number of hydrogen-bond acceptors (Lipinski definition) is 3. The third kappa shape index (κ3) is 2.13. The molecule has 0 aliphatic carbocycles. The molecular formula is C13H17NO3. The fraction of sp³-hybridized carbons (Fsp3) is 0.462. The number of carboxylic acid groups (broad SMARTS) is 1. The maximum atomic E-state index is 11.3. The fourth-order valence-electron chi connectivity index (χ4n) is 2.36. The molecule has 2 atom stereocenters. The van der Waals surface area contributed by atoms with Gasteiger partial charge in [-0.2, -0.15) is 0 Å². The molecule has 0 spiro atoms. The first kappa shape index (κ1) is 11.9. The molecule has 4 heteroatoms. The minimum Gasteiger partial charge on any atom is -0.496 e. The summed E-state index contributed by atoms with van der Waals surface area (Å²) < 4.78 is 5.31. The van der Waals surface area contributed by atoms with Crippen LogP contribution in [0.3, 0.4) is 0 Å². The van der Waals surface area contributed by atoms with Crippen molar-refractivity contribution in [2.75, 3.05) is 7.11 Å². The number of ether oxygens (including phenoxy) is 1. The molecule has 0 aromatic heterocycles. The van der Waals surface area contributed by atoms with Crippen LogP contribution < -0.4 is 10.1 Å². The molecule has 2 unspecified atom stereocenters. The molecule has 0 saturated carbocycles. The highest BCUT2D eigenvalue weighted by molar-refractivity contribution is 5.77. The van der Waals surface area contributed by atoms with Gasteiger partial charge in [0.2, 0.25) is 0 Å². The summed E-state index contributed by atoms with van der Waals surface area (Å²) in [5, 5.41) is 12.4. The van der Waals surface area contributed by atoms with Gasteiger partial charge in [0.15, 0.2) is 0 Å². The van der Waals surface area contributed by atoms with Crippen LogP contribution in [0.5, 0.6) is 5.75 Å². The lowest BCUT2D eigenvalue weighted by Crippen LogP contribution is -2.42. The summed E-state index contributed by atoms with van der Waals surface area (Å²) in [6.07, 6.45) is 1.72. The molecule has 92 valence electrons. The molecule has 2 rings (SSSR count). The maximum Gasteiger partial charge on any atom is 0.325 e. The minimum atomic E-state index is -0.836. The number of benzene rings is 1. The quantitative estimate of drug-likeness (QED) is 0.838. The number of carboxylic acids is 1. The van der Waals surface area contributed by atoms with Crippen LogP contribution in [0.1, 0.15) is 30.5 Å². The van der Waals surface area contributed by atoms with Crippen LogP contribution in [-0.2, 0) is 11.2 Å². The zero-order valence-electron chi connectivity index (χ0n) is 10.1. The van der Waals surface area contributed by atoms with Crippen LogP contribution in [0, 0.1) is 0 Å². The highest BCUT2D eigenvalue weighted by Crippen LogP contribution is 2.32. The largest absolute Gasteiger partial charge is 0.496 e. The predicted molar refractivity (Wildman–Crippen MR) is 64.3 cm³/mol. The second-order valence-electron chi connectivity index (χ2n) is 4.28. The minimum absolute atomic E-state index is 0.194. The zero-order valence-corrected chi connectivity index (χ0v) is 10.1. The summed E-state index contributed by atoms with van der Waals surface area (Å²) in [4.78, 5) is 11.3. The van der Waals surface area contributed by atoms with Crippen LogP contribution in [0.4, 0.5) is 0 Å². The van der Waals surface area contributed by atoms with Crippen LogP contribution >= 0.6 is 0 Å². The third-order valence-corrected chi connectivity index (χ3v) is 3.29. The van der Waals surface area contributed by atoms with E-state index < -0.39 is 12.0 Å². The van der Waals surface area contributed by atoms with Gasteiger partial charge in [-0.1, -0.05) is 19.1 Å². The summed E-state index contributed by atoms with van der Waals surface area (Å²) in [7, 11) is 1.62. The Bertz CT molecular complexity index is 431. The molecule has 0 bridgehead atoms. The smallest absolute Gasteiger partial charge is 0.325 e. The fourth-order valence-corrected chi connectivity index (χ4v) is 2.36. The van der Waals surface area contributed by atoms with E-state index >= 15 is 0 Å². The first-order valence-corrected chi connectivity index (χ1v) is 5.82. The molecule has 0 saturated heterocycles. The van der Waals surface area contributed by atoms with E-state index in [1.807, 2.05) is 18.2 Å². The lowest BCUT2D eigenvalue weighted by molar-refractivity contribution is -0.140. The lowest BCUT2D eigenvalue weighted by atomic mass is 9.88. The van der Waals surface area contributed by atoms with Crippen molar-refractivity contribution in [3.8, 4) is 5.75 Å². The van der Waals surface area contributed by atoms with Gasteiger partial charge in [-0.05, 0) is 24.5 Å². The Morgan fingerprint density at radius 1 is 1.59 bits per heavy atom. The van der Waals surface area contributed by atoms with Gasteiger partial charge in [-0.3, -0.25) is 10.1 Å². The second kappa shape index (κ2) is 4.75. The number of rotatable bonds is 3. The normalized spacial score (nSPS) is 22.9. The molecule has 1 aliphatic rings. The molecule has 4 nitrogen and oxygen atoms in total. The van der Waals surface area contributed by atoms with E-state index in [-0.39, 0.29) is 6.04 Å². The summed E-state index contributed by atoms with van der Waals surface area (Å²) >= 11 is 0. The highest BCUT2D eigenvalue weighted by Gasteiger charge is 2.31. The van der Waals surface area contributed by atoms with E-state index in [4.69, 9.17) is 4.74 Å².